The van der Waals surface area contributed by atoms with Gasteiger partial charge >= 0.3 is 0 Å². The number of likely N-dealkylation sites (tertiary alicyclic amines) is 1. The highest BCUT2D eigenvalue weighted by Gasteiger charge is 2.31. The van der Waals surface area contributed by atoms with Gasteiger partial charge in [0.15, 0.2) is 9.84 Å². The van der Waals surface area contributed by atoms with Gasteiger partial charge in [0.25, 0.3) is 0 Å². The van der Waals surface area contributed by atoms with Crippen LogP contribution in [-0.4, -0.2) is 57.5 Å². The van der Waals surface area contributed by atoms with Crippen LogP contribution in [0.2, 0.25) is 0 Å². The number of hydrogen-bond acceptors (Lipinski definition) is 5. The molecule has 0 unspecified atom stereocenters. The van der Waals surface area contributed by atoms with Crippen molar-refractivity contribution in [3.8, 4) is 11.5 Å². The number of amides is 1. The molecule has 1 fully saturated rings. The fraction of sp³-hybridized carbons (Fsp3) is 0.650. The molecular formula is C20H31NO5S. The SMILES string of the molecule is COc1ccc(CCC(=O)N2CCC(S(=O)(=O)CC(C)C)CC2)c(OC)c1. The lowest BCUT2D eigenvalue weighted by Gasteiger charge is -2.32. The number of sulfone groups is 1. The van der Waals surface area contributed by atoms with Crippen LogP contribution in [0.3, 0.4) is 0 Å². The lowest BCUT2D eigenvalue weighted by atomic mass is 10.1. The monoisotopic (exact) mass is 397 g/mol. The van der Waals surface area contributed by atoms with Crippen molar-refractivity contribution in [3.05, 3.63) is 23.8 Å². The molecule has 6 nitrogen and oxygen atoms in total. The molecule has 0 spiro atoms. The van der Waals surface area contributed by atoms with Crippen LogP contribution >= 0.6 is 0 Å². The van der Waals surface area contributed by atoms with E-state index >= 15 is 0 Å². The normalized spacial score (nSPS) is 15.8. The number of piperidine rings is 1. The van der Waals surface area contributed by atoms with Crippen molar-refractivity contribution in [1.82, 2.24) is 4.90 Å². The minimum Gasteiger partial charge on any atom is -0.497 e. The summed E-state index contributed by atoms with van der Waals surface area (Å²) < 4.78 is 35.3. The highest BCUT2D eigenvalue weighted by atomic mass is 32.2. The minimum absolute atomic E-state index is 0.0626. The number of ether oxygens (including phenoxy) is 2. The van der Waals surface area contributed by atoms with E-state index in [-0.39, 0.29) is 22.8 Å². The van der Waals surface area contributed by atoms with E-state index in [2.05, 4.69) is 0 Å². The fourth-order valence-electron chi connectivity index (χ4n) is 3.52. The maximum atomic E-state index is 12.5. The van der Waals surface area contributed by atoms with E-state index in [4.69, 9.17) is 9.47 Å². The summed E-state index contributed by atoms with van der Waals surface area (Å²) in [5, 5.41) is -0.314. The maximum Gasteiger partial charge on any atom is 0.222 e. The van der Waals surface area contributed by atoms with Gasteiger partial charge in [-0.2, -0.15) is 0 Å². The zero-order valence-electron chi connectivity index (χ0n) is 16.7. The number of methoxy groups -OCH3 is 2. The van der Waals surface area contributed by atoms with Crippen LogP contribution in [0.4, 0.5) is 0 Å². The number of benzene rings is 1. The van der Waals surface area contributed by atoms with Crippen molar-refractivity contribution in [3.63, 3.8) is 0 Å². The number of rotatable bonds is 8. The Kier molecular flexibility index (Phi) is 7.53. The van der Waals surface area contributed by atoms with Crippen LogP contribution in [0.15, 0.2) is 18.2 Å². The lowest BCUT2D eigenvalue weighted by molar-refractivity contribution is -0.132. The summed E-state index contributed by atoms with van der Waals surface area (Å²) in [6, 6.07) is 5.58. The number of carbonyl (C=O) groups excluding carboxylic acids is 1. The molecule has 0 atom stereocenters. The zero-order valence-corrected chi connectivity index (χ0v) is 17.5. The van der Waals surface area contributed by atoms with Crippen molar-refractivity contribution in [1.29, 1.82) is 0 Å². The first-order chi connectivity index (χ1) is 12.8. The van der Waals surface area contributed by atoms with Crippen LogP contribution < -0.4 is 9.47 Å². The van der Waals surface area contributed by atoms with Gasteiger partial charge in [-0.25, -0.2) is 8.42 Å². The number of aryl methyl sites for hydroxylation is 1. The molecular weight excluding hydrogens is 366 g/mol. The molecule has 1 aliphatic heterocycles. The van der Waals surface area contributed by atoms with Crippen LogP contribution in [0.5, 0.6) is 11.5 Å². The summed E-state index contributed by atoms with van der Waals surface area (Å²) >= 11 is 0. The number of nitrogens with zero attached hydrogens (tertiary/aromatic N) is 1. The average Bonchev–Trinajstić information content (AvgIpc) is 2.65. The summed E-state index contributed by atoms with van der Waals surface area (Å²) in [5.41, 5.74) is 0.959. The van der Waals surface area contributed by atoms with Crippen LogP contribution in [0.25, 0.3) is 0 Å². The molecule has 27 heavy (non-hydrogen) atoms. The lowest BCUT2D eigenvalue weighted by Crippen LogP contribution is -2.43. The predicted molar refractivity (Wildman–Crippen MR) is 106 cm³/mol. The third-order valence-corrected chi connectivity index (χ3v) is 7.59. The second-order valence-corrected chi connectivity index (χ2v) is 9.81. The molecule has 1 aliphatic rings. The summed E-state index contributed by atoms with van der Waals surface area (Å²) in [6.07, 6.45) is 2.03. The van der Waals surface area contributed by atoms with Gasteiger partial charge in [-0.05, 0) is 36.8 Å². The Hall–Kier alpha value is -1.76. The van der Waals surface area contributed by atoms with Gasteiger partial charge in [0.05, 0.1) is 25.2 Å². The Balaban J connectivity index is 1.88. The summed E-state index contributed by atoms with van der Waals surface area (Å²) in [5.74, 6) is 1.84. The molecule has 152 valence electrons. The Morgan fingerprint density at radius 3 is 2.41 bits per heavy atom. The third kappa shape index (κ3) is 5.86. The maximum absolute atomic E-state index is 12.5. The Labute approximate surface area is 162 Å². The molecule has 0 radical (unpaired) electrons. The molecule has 1 aromatic carbocycles. The van der Waals surface area contributed by atoms with Gasteiger partial charge in [-0.3, -0.25) is 4.79 Å². The Morgan fingerprint density at radius 1 is 1.19 bits per heavy atom. The van der Waals surface area contributed by atoms with Gasteiger partial charge in [0.2, 0.25) is 5.91 Å². The highest BCUT2D eigenvalue weighted by Crippen LogP contribution is 2.26. The Bertz CT molecular complexity index is 737. The van der Waals surface area contributed by atoms with Gasteiger partial charge in [-0.15, -0.1) is 0 Å². The summed E-state index contributed by atoms with van der Waals surface area (Å²) in [7, 11) is 0.131. The first-order valence-corrected chi connectivity index (χ1v) is 11.2. The summed E-state index contributed by atoms with van der Waals surface area (Å²) in [4.78, 5) is 14.3. The van der Waals surface area contributed by atoms with Crippen molar-refractivity contribution in [2.45, 2.75) is 44.8 Å². The van der Waals surface area contributed by atoms with E-state index in [9.17, 15) is 13.2 Å². The van der Waals surface area contributed by atoms with Crippen molar-refractivity contribution in [2.24, 2.45) is 5.92 Å². The topological polar surface area (TPSA) is 72.9 Å². The average molecular weight is 398 g/mol. The first kappa shape index (κ1) is 21.5. The molecule has 0 aromatic heterocycles. The molecule has 1 aromatic rings. The second kappa shape index (κ2) is 9.44. The van der Waals surface area contributed by atoms with E-state index < -0.39 is 9.84 Å². The van der Waals surface area contributed by atoms with Gasteiger partial charge in [-0.1, -0.05) is 19.9 Å². The van der Waals surface area contributed by atoms with Crippen molar-refractivity contribution >= 4 is 15.7 Å². The standard InChI is InChI=1S/C20H31NO5S/c1-15(2)14-27(23,24)18-9-11-21(12-10-18)20(22)8-6-16-5-7-17(25-3)13-19(16)26-4/h5,7,13,15,18H,6,8-12,14H2,1-4H3. The van der Waals surface area contributed by atoms with Gasteiger partial charge in [0.1, 0.15) is 11.5 Å². The van der Waals surface area contributed by atoms with Crippen molar-refractivity contribution in [2.75, 3.05) is 33.1 Å². The second-order valence-electron chi connectivity index (χ2n) is 7.48. The van der Waals surface area contributed by atoms with E-state index in [0.29, 0.717) is 50.3 Å². The van der Waals surface area contributed by atoms with E-state index in [1.54, 1.807) is 19.1 Å². The molecule has 0 bridgehead atoms. The summed E-state index contributed by atoms with van der Waals surface area (Å²) in [6.45, 7) is 4.87. The van der Waals surface area contributed by atoms with E-state index in [0.717, 1.165) is 5.56 Å². The highest BCUT2D eigenvalue weighted by molar-refractivity contribution is 7.92. The predicted octanol–water partition coefficient (Wildman–Crippen LogP) is 2.70. The number of hydrogen-bond donors (Lipinski definition) is 0. The van der Waals surface area contributed by atoms with Gasteiger partial charge in [0, 0.05) is 25.6 Å². The molecule has 0 N–H and O–H groups in total. The van der Waals surface area contributed by atoms with Crippen LogP contribution in [-0.2, 0) is 21.1 Å². The van der Waals surface area contributed by atoms with Crippen molar-refractivity contribution < 1.29 is 22.7 Å². The first-order valence-electron chi connectivity index (χ1n) is 9.47. The van der Waals surface area contributed by atoms with E-state index in [1.165, 1.54) is 0 Å². The van der Waals surface area contributed by atoms with E-state index in [1.807, 2.05) is 32.0 Å². The zero-order chi connectivity index (χ0) is 20.0. The quantitative estimate of drug-likeness (QED) is 0.674. The van der Waals surface area contributed by atoms with Gasteiger partial charge < -0.3 is 14.4 Å². The smallest absolute Gasteiger partial charge is 0.222 e. The molecule has 0 saturated carbocycles. The molecule has 7 heteroatoms. The minimum atomic E-state index is -3.07. The number of carbonyl (C=O) groups is 1. The van der Waals surface area contributed by atoms with Crippen LogP contribution in [0.1, 0.15) is 38.7 Å². The van der Waals surface area contributed by atoms with Crippen LogP contribution in [0, 0.1) is 5.92 Å². The molecule has 0 aliphatic carbocycles. The molecule has 1 saturated heterocycles. The molecule has 1 amide bonds. The molecule has 1 heterocycles. The fourth-order valence-corrected chi connectivity index (χ4v) is 5.65. The largest absolute Gasteiger partial charge is 0.497 e. The Morgan fingerprint density at radius 2 is 1.85 bits per heavy atom. The molecule has 2 rings (SSSR count). The third-order valence-electron chi connectivity index (χ3n) is 4.97.